The molecule has 1 aromatic heterocycles. The topological polar surface area (TPSA) is 113 Å². The van der Waals surface area contributed by atoms with E-state index in [-0.39, 0.29) is 17.3 Å². The zero-order valence-corrected chi connectivity index (χ0v) is 20.9. The molecule has 1 amide bonds. The van der Waals surface area contributed by atoms with Gasteiger partial charge in [-0.2, -0.15) is 0 Å². The normalized spacial score (nSPS) is 11.3. The maximum absolute atomic E-state index is 12.7. The second-order valence-electron chi connectivity index (χ2n) is 8.21. The van der Waals surface area contributed by atoms with Crippen LogP contribution in [0, 0.1) is 0 Å². The number of benzene rings is 3. The van der Waals surface area contributed by atoms with E-state index in [0.717, 1.165) is 34.1 Å². The van der Waals surface area contributed by atoms with Crippen molar-refractivity contribution in [2.45, 2.75) is 24.7 Å². The maximum atomic E-state index is 12.7. The van der Waals surface area contributed by atoms with Crippen molar-refractivity contribution in [1.82, 2.24) is 14.7 Å². The fourth-order valence-electron chi connectivity index (χ4n) is 3.79. The number of carbonyl (C=O) groups excluding carboxylic acids is 1. The molecular formula is C27H28N4O4S. The van der Waals surface area contributed by atoms with Crippen molar-refractivity contribution in [3.8, 4) is 28.4 Å². The number of aryl methyl sites for hydroxylation is 1. The Bertz CT molecular complexity index is 1420. The third-order valence-corrected chi connectivity index (χ3v) is 7.05. The Morgan fingerprint density at radius 2 is 1.64 bits per heavy atom. The van der Waals surface area contributed by atoms with Gasteiger partial charge in [0.15, 0.2) is 0 Å². The summed E-state index contributed by atoms with van der Waals surface area (Å²) in [4.78, 5) is 19.6. The van der Waals surface area contributed by atoms with E-state index < -0.39 is 10.0 Å². The van der Waals surface area contributed by atoms with Gasteiger partial charge in [-0.05, 0) is 61.4 Å². The van der Waals surface area contributed by atoms with Crippen molar-refractivity contribution in [3.63, 3.8) is 0 Å². The van der Waals surface area contributed by atoms with Gasteiger partial charge in [-0.3, -0.25) is 4.79 Å². The number of amides is 1. The van der Waals surface area contributed by atoms with Crippen molar-refractivity contribution in [2.24, 2.45) is 0 Å². The number of anilines is 1. The van der Waals surface area contributed by atoms with E-state index in [1.165, 1.54) is 19.1 Å². The number of hydrogen-bond donors (Lipinski definition) is 3. The lowest BCUT2D eigenvalue weighted by atomic mass is 10.1. The summed E-state index contributed by atoms with van der Waals surface area (Å²) in [5.41, 5.74) is 4.22. The van der Waals surface area contributed by atoms with Crippen LogP contribution in [0.3, 0.4) is 0 Å². The lowest BCUT2D eigenvalue weighted by Crippen LogP contribution is -2.25. The summed E-state index contributed by atoms with van der Waals surface area (Å²) in [6, 6.07) is 23.6. The smallest absolute Gasteiger partial charge is 0.240 e. The first-order valence-corrected chi connectivity index (χ1v) is 13.0. The fraction of sp³-hybridized carbons (Fsp3) is 0.185. The Hall–Kier alpha value is -3.95. The van der Waals surface area contributed by atoms with E-state index in [9.17, 15) is 13.2 Å². The number of aromatic nitrogens is 2. The largest absolute Gasteiger partial charge is 0.497 e. The van der Waals surface area contributed by atoms with Crippen LogP contribution in [-0.2, 0) is 21.2 Å². The molecule has 9 heteroatoms. The summed E-state index contributed by atoms with van der Waals surface area (Å²) < 4.78 is 33.3. The molecule has 0 aliphatic carbocycles. The molecule has 4 aromatic rings. The minimum absolute atomic E-state index is 0.142. The van der Waals surface area contributed by atoms with E-state index in [2.05, 4.69) is 15.0 Å². The number of nitrogens with zero attached hydrogens (tertiary/aromatic N) is 1. The van der Waals surface area contributed by atoms with Crippen LogP contribution in [0.15, 0.2) is 83.8 Å². The molecule has 3 N–H and O–H groups in total. The van der Waals surface area contributed by atoms with Gasteiger partial charge in [-0.15, -0.1) is 0 Å². The Kier molecular flexibility index (Phi) is 7.82. The van der Waals surface area contributed by atoms with E-state index in [1.807, 2.05) is 54.6 Å². The van der Waals surface area contributed by atoms with Crippen LogP contribution in [0.5, 0.6) is 5.75 Å². The summed E-state index contributed by atoms with van der Waals surface area (Å²) in [7, 11) is -2.04. The first kappa shape index (κ1) is 25.2. The van der Waals surface area contributed by atoms with Crippen LogP contribution in [0.1, 0.15) is 19.0 Å². The summed E-state index contributed by atoms with van der Waals surface area (Å²) in [5.74, 6) is 1.31. The van der Waals surface area contributed by atoms with Gasteiger partial charge in [0.2, 0.25) is 15.9 Å². The molecule has 0 spiro atoms. The summed E-state index contributed by atoms with van der Waals surface area (Å²) in [5, 5.41) is 2.62. The van der Waals surface area contributed by atoms with Gasteiger partial charge in [-0.25, -0.2) is 18.1 Å². The number of sulfonamides is 1. The summed E-state index contributed by atoms with van der Waals surface area (Å²) in [6.07, 6.45) is 1.17. The van der Waals surface area contributed by atoms with E-state index in [0.29, 0.717) is 18.5 Å². The number of carbonyl (C=O) groups is 1. The molecule has 0 bridgehead atoms. The average molecular weight is 505 g/mol. The molecule has 0 unspecified atom stereocenters. The standard InChI is InChI=1S/C27H28N4O4S/c1-19(32)29-22-12-16-24(17-13-22)36(33,34)28-18-6-9-25-26(20-10-14-23(35-2)15-11-20)31-27(30-25)21-7-4-3-5-8-21/h3-5,7-8,10-17,28H,6,9,18H2,1-2H3,(H,29,32)(H,30,31). The number of nitrogens with one attached hydrogen (secondary N) is 3. The van der Waals surface area contributed by atoms with Crippen molar-refractivity contribution < 1.29 is 17.9 Å². The number of ether oxygens (including phenoxy) is 1. The SMILES string of the molecule is COc1ccc(-c2nc(-c3ccccc3)[nH]c2CCCNS(=O)(=O)c2ccc(NC(C)=O)cc2)cc1. The number of rotatable bonds is 10. The summed E-state index contributed by atoms with van der Waals surface area (Å²) >= 11 is 0. The molecular weight excluding hydrogens is 476 g/mol. The van der Waals surface area contributed by atoms with Crippen molar-refractivity contribution in [3.05, 3.63) is 84.6 Å². The molecule has 3 aromatic carbocycles. The summed E-state index contributed by atoms with van der Waals surface area (Å²) in [6.45, 7) is 1.66. The maximum Gasteiger partial charge on any atom is 0.240 e. The lowest BCUT2D eigenvalue weighted by molar-refractivity contribution is -0.114. The van der Waals surface area contributed by atoms with Gasteiger partial charge in [0, 0.05) is 36.0 Å². The van der Waals surface area contributed by atoms with Crippen LogP contribution in [-0.4, -0.2) is 37.9 Å². The van der Waals surface area contributed by atoms with Gasteiger partial charge in [0.25, 0.3) is 0 Å². The average Bonchev–Trinajstić information content (AvgIpc) is 3.31. The monoisotopic (exact) mass is 504 g/mol. The fourth-order valence-corrected chi connectivity index (χ4v) is 4.86. The van der Waals surface area contributed by atoms with Gasteiger partial charge in [-0.1, -0.05) is 30.3 Å². The molecule has 4 rings (SSSR count). The predicted molar refractivity (Wildman–Crippen MR) is 140 cm³/mol. The third kappa shape index (κ3) is 6.18. The molecule has 36 heavy (non-hydrogen) atoms. The molecule has 0 fully saturated rings. The van der Waals surface area contributed by atoms with E-state index in [1.54, 1.807) is 19.2 Å². The second kappa shape index (κ2) is 11.2. The van der Waals surface area contributed by atoms with Crippen molar-refractivity contribution in [2.75, 3.05) is 19.0 Å². The first-order chi connectivity index (χ1) is 17.4. The number of hydrogen-bond acceptors (Lipinski definition) is 5. The Morgan fingerprint density at radius 1 is 0.944 bits per heavy atom. The lowest BCUT2D eigenvalue weighted by Gasteiger charge is -2.08. The van der Waals surface area contributed by atoms with Gasteiger partial charge in [0.05, 0.1) is 17.7 Å². The first-order valence-electron chi connectivity index (χ1n) is 11.5. The number of H-pyrrole nitrogens is 1. The Labute approximate surface area is 210 Å². The molecule has 0 radical (unpaired) electrons. The van der Waals surface area contributed by atoms with Gasteiger partial charge < -0.3 is 15.0 Å². The molecule has 186 valence electrons. The minimum Gasteiger partial charge on any atom is -0.497 e. The molecule has 0 aliphatic heterocycles. The molecule has 8 nitrogen and oxygen atoms in total. The predicted octanol–water partition coefficient (Wildman–Crippen LogP) is 4.62. The molecule has 1 heterocycles. The zero-order valence-electron chi connectivity index (χ0n) is 20.1. The Balaban J connectivity index is 1.46. The highest BCUT2D eigenvalue weighted by Crippen LogP contribution is 2.28. The number of methoxy groups -OCH3 is 1. The highest BCUT2D eigenvalue weighted by Gasteiger charge is 2.16. The highest BCUT2D eigenvalue weighted by atomic mass is 32.2. The van der Waals surface area contributed by atoms with Crippen LogP contribution in [0.25, 0.3) is 22.6 Å². The second-order valence-corrected chi connectivity index (χ2v) is 9.98. The molecule has 0 saturated heterocycles. The van der Waals surface area contributed by atoms with E-state index in [4.69, 9.17) is 9.72 Å². The number of aromatic amines is 1. The van der Waals surface area contributed by atoms with Crippen LogP contribution in [0.4, 0.5) is 5.69 Å². The molecule has 0 aliphatic rings. The zero-order chi connectivity index (χ0) is 25.5. The van der Waals surface area contributed by atoms with Crippen molar-refractivity contribution >= 4 is 21.6 Å². The van der Waals surface area contributed by atoms with Gasteiger partial charge in [0.1, 0.15) is 11.6 Å². The number of imidazole rings is 1. The molecule has 0 atom stereocenters. The van der Waals surface area contributed by atoms with Crippen LogP contribution < -0.4 is 14.8 Å². The van der Waals surface area contributed by atoms with E-state index >= 15 is 0 Å². The third-order valence-electron chi connectivity index (χ3n) is 5.57. The quantitative estimate of drug-likeness (QED) is 0.273. The Morgan fingerprint density at radius 3 is 2.28 bits per heavy atom. The van der Waals surface area contributed by atoms with Gasteiger partial charge >= 0.3 is 0 Å². The highest BCUT2D eigenvalue weighted by molar-refractivity contribution is 7.89. The molecule has 0 saturated carbocycles. The van der Waals surface area contributed by atoms with Crippen LogP contribution >= 0.6 is 0 Å². The van der Waals surface area contributed by atoms with Crippen LogP contribution in [0.2, 0.25) is 0 Å². The minimum atomic E-state index is -3.67. The van der Waals surface area contributed by atoms with Crippen molar-refractivity contribution in [1.29, 1.82) is 0 Å².